The van der Waals surface area contributed by atoms with E-state index in [2.05, 4.69) is 41.2 Å². The number of benzene rings is 1. The zero-order valence-electron chi connectivity index (χ0n) is 12.2. The van der Waals surface area contributed by atoms with Crippen molar-refractivity contribution in [3.63, 3.8) is 0 Å². The van der Waals surface area contributed by atoms with Gasteiger partial charge in [0.05, 0.1) is 11.9 Å². The van der Waals surface area contributed by atoms with Crippen molar-refractivity contribution < 1.29 is 0 Å². The Balaban J connectivity index is 2.16. The predicted octanol–water partition coefficient (Wildman–Crippen LogP) is 3.13. The van der Waals surface area contributed by atoms with Gasteiger partial charge < -0.3 is 10.2 Å². The molecule has 0 aliphatic heterocycles. The first-order valence-corrected chi connectivity index (χ1v) is 7.19. The largest absolute Gasteiger partial charge is 0.325 e. The molecule has 4 heteroatoms. The Kier molecular flexibility index (Phi) is 5.50. The van der Waals surface area contributed by atoms with Crippen LogP contribution in [0.1, 0.15) is 26.0 Å². The van der Waals surface area contributed by atoms with E-state index in [1.807, 2.05) is 30.6 Å². The third-order valence-electron chi connectivity index (χ3n) is 3.07. The van der Waals surface area contributed by atoms with E-state index in [-0.39, 0.29) is 0 Å². The van der Waals surface area contributed by atoms with Gasteiger partial charge in [-0.25, -0.2) is 4.98 Å². The Hall–Kier alpha value is -1.94. The molecule has 0 radical (unpaired) electrons. The highest BCUT2D eigenvalue weighted by molar-refractivity contribution is 5.58. The smallest absolute Gasteiger partial charge is 0.151 e. The molecule has 0 bridgehead atoms. The lowest BCUT2D eigenvalue weighted by Crippen LogP contribution is -2.20. The van der Waals surface area contributed by atoms with Gasteiger partial charge in [0.15, 0.2) is 5.82 Å². The van der Waals surface area contributed by atoms with Crippen LogP contribution in [0.2, 0.25) is 0 Å². The minimum absolute atomic E-state index is 0.765. The van der Waals surface area contributed by atoms with E-state index in [9.17, 15) is 0 Å². The van der Waals surface area contributed by atoms with Crippen molar-refractivity contribution in [3.8, 4) is 0 Å². The van der Waals surface area contributed by atoms with Gasteiger partial charge in [-0.3, -0.25) is 4.98 Å². The van der Waals surface area contributed by atoms with E-state index in [0.717, 1.165) is 43.3 Å². The topological polar surface area (TPSA) is 41.1 Å². The minimum Gasteiger partial charge on any atom is -0.325 e. The van der Waals surface area contributed by atoms with E-state index < -0.39 is 0 Å². The maximum Gasteiger partial charge on any atom is 0.151 e. The predicted molar refractivity (Wildman–Crippen MR) is 83.2 cm³/mol. The van der Waals surface area contributed by atoms with Gasteiger partial charge >= 0.3 is 0 Å². The molecular formula is C16H22N4. The van der Waals surface area contributed by atoms with Crippen LogP contribution in [0.25, 0.3) is 0 Å². The molecule has 20 heavy (non-hydrogen) atoms. The second kappa shape index (κ2) is 7.60. The Labute approximate surface area is 120 Å². The van der Waals surface area contributed by atoms with Gasteiger partial charge in [0.25, 0.3) is 0 Å². The second-order valence-corrected chi connectivity index (χ2v) is 4.63. The summed E-state index contributed by atoms with van der Waals surface area (Å²) in [4.78, 5) is 11.2. The van der Waals surface area contributed by atoms with Crippen molar-refractivity contribution in [2.24, 2.45) is 0 Å². The zero-order valence-corrected chi connectivity index (χ0v) is 12.2. The third-order valence-corrected chi connectivity index (χ3v) is 3.07. The number of anilines is 2. The Morgan fingerprint density at radius 1 is 1.10 bits per heavy atom. The van der Waals surface area contributed by atoms with E-state index in [4.69, 9.17) is 4.98 Å². The van der Waals surface area contributed by atoms with Gasteiger partial charge in [0.2, 0.25) is 0 Å². The van der Waals surface area contributed by atoms with Crippen molar-refractivity contribution in [1.29, 1.82) is 0 Å². The summed E-state index contributed by atoms with van der Waals surface area (Å²) in [6.45, 7) is 6.91. The monoisotopic (exact) mass is 270 g/mol. The number of nitrogens with one attached hydrogen (secondary N) is 1. The molecule has 0 spiro atoms. The van der Waals surface area contributed by atoms with Crippen LogP contribution in [0.3, 0.4) is 0 Å². The maximum atomic E-state index is 4.69. The van der Waals surface area contributed by atoms with Crippen molar-refractivity contribution in [1.82, 2.24) is 15.3 Å². The van der Waals surface area contributed by atoms with Crippen LogP contribution in [0.5, 0.6) is 0 Å². The van der Waals surface area contributed by atoms with E-state index in [0.29, 0.717) is 0 Å². The highest BCUT2D eigenvalue weighted by Gasteiger charge is 2.09. The van der Waals surface area contributed by atoms with Gasteiger partial charge in [-0.1, -0.05) is 25.1 Å². The fraction of sp³-hybridized carbons (Fsp3) is 0.375. The minimum atomic E-state index is 0.765. The van der Waals surface area contributed by atoms with Crippen LogP contribution in [-0.4, -0.2) is 23.1 Å². The number of hydrogen-bond donors (Lipinski definition) is 1. The zero-order chi connectivity index (χ0) is 14.2. The summed E-state index contributed by atoms with van der Waals surface area (Å²) >= 11 is 0. The van der Waals surface area contributed by atoms with Gasteiger partial charge in [0, 0.05) is 25.0 Å². The Morgan fingerprint density at radius 2 is 1.90 bits per heavy atom. The van der Waals surface area contributed by atoms with Crippen LogP contribution in [-0.2, 0) is 6.54 Å². The molecule has 0 atom stereocenters. The summed E-state index contributed by atoms with van der Waals surface area (Å²) in [6, 6.07) is 10.3. The average molecular weight is 270 g/mol. The second-order valence-electron chi connectivity index (χ2n) is 4.63. The van der Waals surface area contributed by atoms with Crippen LogP contribution in [0, 0.1) is 0 Å². The van der Waals surface area contributed by atoms with Gasteiger partial charge in [-0.05, 0) is 32.0 Å². The highest BCUT2D eigenvalue weighted by atomic mass is 15.2. The van der Waals surface area contributed by atoms with E-state index in [1.165, 1.54) is 0 Å². The molecule has 0 aliphatic rings. The number of nitrogens with zero attached hydrogens (tertiary/aromatic N) is 3. The highest BCUT2D eigenvalue weighted by Crippen LogP contribution is 2.22. The van der Waals surface area contributed by atoms with Crippen molar-refractivity contribution >= 4 is 11.5 Å². The molecule has 0 unspecified atom stereocenters. The van der Waals surface area contributed by atoms with E-state index in [1.54, 1.807) is 0 Å². The standard InChI is InChI=1S/C16H22N4/c1-3-10-17-11-14-12-18-13-16(19-14)20(4-2)15-8-6-5-7-9-15/h5-9,12-13,17H,3-4,10-11H2,1-2H3. The summed E-state index contributed by atoms with van der Waals surface area (Å²) in [5.74, 6) is 0.898. The summed E-state index contributed by atoms with van der Waals surface area (Å²) in [5.41, 5.74) is 2.12. The molecule has 0 aliphatic carbocycles. The van der Waals surface area contributed by atoms with Crippen molar-refractivity contribution in [2.45, 2.75) is 26.8 Å². The molecule has 1 aromatic heterocycles. The lowest BCUT2D eigenvalue weighted by Gasteiger charge is -2.22. The van der Waals surface area contributed by atoms with Crippen LogP contribution in [0.15, 0.2) is 42.7 Å². The SMILES string of the molecule is CCCNCc1cncc(N(CC)c2ccccc2)n1. The van der Waals surface area contributed by atoms with Crippen molar-refractivity contribution in [2.75, 3.05) is 18.0 Å². The molecule has 1 N–H and O–H groups in total. The quantitative estimate of drug-likeness (QED) is 0.785. The molecule has 2 aromatic rings. The van der Waals surface area contributed by atoms with Crippen LogP contribution >= 0.6 is 0 Å². The summed E-state index contributed by atoms with van der Waals surface area (Å²) in [6.07, 6.45) is 4.77. The lowest BCUT2D eigenvalue weighted by atomic mass is 10.3. The Morgan fingerprint density at radius 3 is 2.60 bits per heavy atom. The maximum absolute atomic E-state index is 4.69. The molecule has 2 rings (SSSR count). The molecule has 106 valence electrons. The lowest BCUT2D eigenvalue weighted by molar-refractivity contribution is 0.661. The fourth-order valence-corrected chi connectivity index (χ4v) is 2.09. The van der Waals surface area contributed by atoms with Gasteiger partial charge in [-0.2, -0.15) is 0 Å². The number of hydrogen-bond acceptors (Lipinski definition) is 4. The molecule has 1 aromatic carbocycles. The first-order chi connectivity index (χ1) is 9.85. The molecule has 0 saturated carbocycles. The number of para-hydroxylation sites is 1. The number of aromatic nitrogens is 2. The normalized spacial score (nSPS) is 10.5. The van der Waals surface area contributed by atoms with Gasteiger partial charge in [-0.15, -0.1) is 0 Å². The first-order valence-electron chi connectivity index (χ1n) is 7.19. The average Bonchev–Trinajstić information content (AvgIpc) is 2.50. The van der Waals surface area contributed by atoms with Crippen LogP contribution < -0.4 is 10.2 Å². The molecule has 0 saturated heterocycles. The summed E-state index contributed by atoms with van der Waals surface area (Å²) < 4.78 is 0. The fourth-order valence-electron chi connectivity index (χ4n) is 2.09. The molecule has 0 fully saturated rings. The van der Waals surface area contributed by atoms with Crippen molar-refractivity contribution in [3.05, 3.63) is 48.4 Å². The van der Waals surface area contributed by atoms with Gasteiger partial charge in [0.1, 0.15) is 0 Å². The molecular weight excluding hydrogens is 248 g/mol. The summed E-state index contributed by atoms with van der Waals surface area (Å²) in [5, 5.41) is 3.35. The summed E-state index contributed by atoms with van der Waals surface area (Å²) in [7, 11) is 0. The molecule has 0 amide bonds. The molecule has 4 nitrogen and oxygen atoms in total. The molecule has 1 heterocycles. The third kappa shape index (κ3) is 3.78. The van der Waals surface area contributed by atoms with Crippen LogP contribution in [0.4, 0.5) is 11.5 Å². The number of rotatable bonds is 7. The van der Waals surface area contributed by atoms with E-state index >= 15 is 0 Å². The first kappa shape index (κ1) is 14.5. The Bertz CT molecular complexity index is 513.